The van der Waals surface area contributed by atoms with Crippen LogP contribution < -0.4 is 5.32 Å². The topological polar surface area (TPSA) is 82.2 Å². The van der Waals surface area contributed by atoms with Crippen LogP contribution in [-0.4, -0.2) is 36.0 Å². The molecule has 1 heterocycles. The largest absolute Gasteiger partial charge is 0.358 e. The summed E-state index contributed by atoms with van der Waals surface area (Å²) in [6.45, 7) is 2.59. The highest BCUT2D eigenvalue weighted by atomic mass is 16.6. The van der Waals surface area contributed by atoms with Crippen molar-refractivity contribution in [1.29, 1.82) is 5.26 Å². The minimum absolute atomic E-state index is 0.107. The van der Waals surface area contributed by atoms with Crippen molar-refractivity contribution in [2.75, 3.05) is 26.2 Å². The van der Waals surface area contributed by atoms with E-state index in [4.69, 9.17) is 5.26 Å². The van der Waals surface area contributed by atoms with E-state index in [2.05, 4.69) is 5.32 Å². The van der Waals surface area contributed by atoms with Crippen LogP contribution in [-0.2, 0) is 0 Å². The van der Waals surface area contributed by atoms with E-state index in [0.717, 1.165) is 19.2 Å². The maximum absolute atomic E-state index is 10.5. The number of rotatable bonds is 2. The zero-order valence-electron chi connectivity index (χ0n) is 7.06. The zero-order chi connectivity index (χ0) is 9.68. The molecular weight excluding hydrogens is 172 g/mol. The summed E-state index contributed by atoms with van der Waals surface area (Å²) in [6.07, 6.45) is 0.978. The first-order valence-corrected chi connectivity index (χ1v) is 3.95. The summed E-state index contributed by atoms with van der Waals surface area (Å²) in [4.78, 5) is 11.6. The molecular formula is C7H10N4O2. The average molecular weight is 182 g/mol. The number of nitrogens with zero attached hydrogens (tertiary/aromatic N) is 3. The number of nitrogens with one attached hydrogen (secondary N) is 1. The maximum Gasteiger partial charge on any atom is 0.328 e. The molecule has 0 amide bonds. The Kier molecular flexibility index (Phi) is 3.23. The molecule has 1 fully saturated rings. The van der Waals surface area contributed by atoms with Crippen LogP contribution in [0, 0.1) is 21.4 Å². The summed E-state index contributed by atoms with van der Waals surface area (Å²) < 4.78 is 0. The van der Waals surface area contributed by atoms with Crippen LogP contribution in [0.5, 0.6) is 0 Å². The van der Waals surface area contributed by atoms with E-state index >= 15 is 0 Å². The van der Waals surface area contributed by atoms with Crippen molar-refractivity contribution in [2.24, 2.45) is 0 Å². The van der Waals surface area contributed by atoms with Gasteiger partial charge >= 0.3 is 5.82 Å². The van der Waals surface area contributed by atoms with Gasteiger partial charge in [0.05, 0.1) is 19.2 Å². The van der Waals surface area contributed by atoms with Gasteiger partial charge in [0.2, 0.25) is 0 Å². The molecule has 6 heteroatoms. The van der Waals surface area contributed by atoms with Gasteiger partial charge in [-0.25, -0.2) is 0 Å². The number of allylic oxidation sites excluding steroid dienone is 1. The first-order valence-electron chi connectivity index (χ1n) is 3.95. The van der Waals surface area contributed by atoms with Crippen LogP contribution in [0.15, 0.2) is 11.9 Å². The molecule has 0 saturated carbocycles. The van der Waals surface area contributed by atoms with E-state index < -0.39 is 4.92 Å². The van der Waals surface area contributed by atoms with Gasteiger partial charge in [0.15, 0.2) is 0 Å². The monoisotopic (exact) mass is 182 g/mol. The Hall–Kier alpha value is -1.61. The third-order valence-electron chi connectivity index (χ3n) is 1.82. The summed E-state index contributed by atoms with van der Waals surface area (Å²) in [7, 11) is 0. The van der Waals surface area contributed by atoms with Gasteiger partial charge in [-0.15, -0.1) is 0 Å². The third kappa shape index (κ3) is 2.42. The predicted octanol–water partition coefficient (Wildman–Crippen LogP) is -0.467. The van der Waals surface area contributed by atoms with Crippen LogP contribution >= 0.6 is 0 Å². The van der Waals surface area contributed by atoms with E-state index in [1.807, 2.05) is 0 Å². The fraction of sp³-hybridized carbons (Fsp3) is 0.571. The molecule has 0 aromatic heterocycles. The Bertz CT molecular complexity index is 262. The summed E-state index contributed by atoms with van der Waals surface area (Å²) in [6, 6.07) is 1.68. The zero-order valence-corrected chi connectivity index (χ0v) is 7.06. The van der Waals surface area contributed by atoms with E-state index in [1.165, 1.54) is 0 Å². The van der Waals surface area contributed by atoms with E-state index in [-0.39, 0.29) is 5.82 Å². The van der Waals surface area contributed by atoms with Crippen LogP contribution in [0.1, 0.15) is 0 Å². The molecule has 0 spiro atoms. The van der Waals surface area contributed by atoms with Crippen molar-refractivity contribution in [2.45, 2.75) is 0 Å². The molecule has 0 bridgehead atoms. The number of nitro groups is 1. The molecule has 1 aliphatic rings. The molecule has 13 heavy (non-hydrogen) atoms. The molecule has 0 unspecified atom stereocenters. The SMILES string of the molecule is N#CC=C(N1CCNCC1)[N+](=O)[O-]. The quantitative estimate of drug-likeness (QED) is 0.355. The Morgan fingerprint density at radius 2 is 2.23 bits per heavy atom. The normalized spacial score (nSPS) is 18.1. The summed E-state index contributed by atoms with van der Waals surface area (Å²) in [5, 5.41) is 21.9. The minimum atomic E-state index is -0.519. The van der Waals surface area contributed by atoms with Gasteiger partial charge < -0.3 is 15.4 Å². The van der Waals surface area contributed by atoms with Crippen molar-refractivity contribution in [3.63, 3.8) is 0 Å². The highest BCUT2D eigenvalue weighted by Gasteiger charge is 2.22. The number of hydrogen-bond acceptors (Lipinski definition) is 5. The van der Waals surface area contributed by atoms with Crippen molar-refractivity contribution in [3.05, 3.63) is 22.0 Å². The molecule has 1 rings (SSSR count). The van der Waals surface area contributed by atoms with E-state index in [1.54, 1.807) is 11.0 Å². The van der Waals surface area contributed by atoms with Gasteiger partial charge in [-0.2, -0.15) is 5.26 Å². The van der Waals surface area contributed by atoms with Gasteiger partial charge in [-0.05, 0) is 4.92 Å². The number of nitriles is 1. The molecule has 0 aromatic rings. The Morgan fingerprint density at radius 1 is 1.62 bits per heavy atom. The predicted molar refractivity (Wildman–Crippen MR) is 45.1 cm³/mol. The first-order chi connectivity index (χ1) is 6.25. The van der Waals surface area contributed by atoms with Crippen molar-refractivity contribution >= 4 is 0 Å². The van der Waals surface area contributed by atoms with Gasteiger partial charge in [0, 0.05) is 13.1 Å². The molecule has 0 radical (unpaired) electrons. The van der Waals surface area contributed by atoms with Crippen molar-refractivity contribution < 1.29 is 4.92 Å². The van der Waals surface area contributed by atoms with Crippen molar-refractivity contribution in [1.82, 2.24) is 10.2 Å². The van der Waals surface area contributed by atoms with Crippen LogP contribution in [0.4, 0.5) is 0 Å². The van der Waals surface area contributed by atoms with Crippen molar-refractivity contribution in [3.8, 4) is 6.07 Å². The summed E-state index contributed by atoms with van der Waals surface area (Å²) in [5.41, 5.74) is 0. The Labute approximate surface area is 75.6 Å². The molecule has 0 atom stereocenters. The highest BCUT2D eigenvalue weighted by Crippen LogP contribution is 2.05. The van der Waals surface area contributed by atoms with Gasteiger partial charge in [-0.1, -0.05) is 0 Å². The summed E-state index contributed by atoms with van der Waals surface area (Å²) in [5.74, 6) is -0.107. The molecule has 1 saturated heterocycles. The van der Waals surface area contributed by atoms with Crippen LogP contribution in [0.25, 0.3) is 0 Å². The summed E-state index contributed by atoms with van der Waals surface area (Å²) >= 11 is 0. The van der Waals surface area contributed by atoms with E-state index in [0.29, 0.717) is 13.1 Å². The minimum Gasteiger partial charge on any atom is -0.358 e. The highest BCUT2D eigenvalue weighted by molar-refractivity contribution is 5.07. The molecule has 1 aliphatic heterocycles. The second-order valence-electron chi connectivity index (χ2n) is 2.63. The lowest BCUT2D eigenvalue weighted by Crippen LogP contribution is -2.44. The van der Waals surface area contributed by atoms with Crippen LogP contribution in [0.2, 0.25) is 0 Å². The number of piperazine rings is 1. The lowest BCUT2D eigenvalue weighted by molar-refractivity contribution is -0.446. The first kappa shape index (κ1) is 9.48. The lowest BCUT2D eigenvalue weighted by atomic mass is 10.3. The number of hydrogen-bond donors (Lipinski definition) is 1. The van der Waals surface area contributed by atoms with Gasteiger partial charge in [0.1, 0.15) is 6.08 Å². The van der Waals surface area contributed by atoms with Gasteiger partial charge in [0.25, 0.3) is 0 Å². The molecule has 6 nitrogen and oxygen atoms in total. The Morgan fingerprint density at radius 3 is 2.69 bits per heavy atom. The lowest BCUT2D eigenvalue weighted by Gasteiger charge is -2.22. The maximum atomic E-state index is 10.5. The van der Waals surface area contributed by atoms with E-state index in [9.17, 15) is 10.1 Å². The average Bonchev–Trinajstić information content (AvgIpc) is 2.15. The second kappa shape index (κ2) is 4.42. The smallest absolute Gasteiger partial charge is 0.328 e. The second-order valence-corrected chi connectivity index (χ2v) is 2.63. The molecule has 0 aliphatic carbocycles. The fourth-order valence-corrected chi connectivity index (χ4v) is 1.21. The van der Waals surface area contributed by atoms with Crippen LogP contribution in [0.3, 0.4) is 0 Å². The Balaban J connectivity index is 2.70. The fourth-order valence-electron chi connectivity index (χ4n) is 1.21. The molecule has 0 aromatic carbocycles. The molecule has 70 valence electrons. The third-order valence-corrected chi connectivity index (χ3v) is 1.82. The standard InChI is InChI=1S/C7H10N4O2/c8-2-1-7(11(12)13)10-5-3-9-4-6-10/h1,9H,3-6H2. The van der Waals surface area contributed by atoms with Gasteiger partial charge in [-0.3, -0.25) is 4.90 Å². The molecule has 1 N–H and O–H groups in total.